The van der Waals surface area contributed by atoms with Gasteiger partial charge >= 0.3 is 0 Å². The molecule has 1 aromatic heterocycles. The molecule has 3 aromatic rings. The number of hydrogen-bond donors (Lipinski definition) is 1. The number of aromatic nitrogens is 2. The van der Waals surface area contributed by atoms with Gasteiger partial charge < -0.3 is 15.0 Å². The summed E-state index contributed by atoms with van der Waals surface area (Å²) in [5.74, 6) is 0.884. The smallest absolute Gasteiger partial charge is 0.278 e. The summed E-state index contributed by atoms with van der Waals surface area (Å²) in [6.07, 6.45) is 3.37. The molecule has 0 unspecified atom stereocenters. The molecule has 1 fully saturated rings. The average Bonchev–Trinajstić information content (AvgIpc) is 2.73. The number of benzene rings is 2. The maximum Gasteiger partial charge on any atom is 0.278 e. The van der Waals surface area contributed by atoms with Gasteiger partial charge in [0.15, 0.2) is 11.5 Å². The fraction of sp³-hybridized carbons (Fsp3) is 0.286. The van der Waals surface area contributed by atoms with Crippen LogP contribution in [-0.2, 0) is 0 Å². The number of anilines is 2. The molecule has 0 bridgehead atoms. The van der Waals surface area contributed by atoms with Gasteiger partial charge in [0.25, 0.3) is 5.91 Å². The monoisotopic (exact) mass is 396 g/mol. The number of carbonyl (C=O) groups excluding carboxylic acids is 1. The second-order valence-electron chi connectivity index (χ2n) is 6.74. The highest BCUT2D eigenvalue weighted by atomic mass is 35.5. The lowest BCUT2D eigenvalue weighted by atomic mass is 10.1. The van der Waals surface area contributed by atoms with Crippen molar-refractivity contribution in [3.05, 3.63) is 53.2 Å². The fourth-order valence-corrected chi connectivity index (χ4v) is 3.66. The molecule has 1 saturated heterocycles. The zero-order chi connectivity index (χ0) is 19.5. The van der Waals surface area contributed by atoms with Crippen LogP contribution in [0.4, 0.5) is 11.5 Å². The molecule has 1 N–H and O–H groups in total. The van der Waals surface area contributed by atoms with Crippen molar-refractivity contribution < 1.29 is 9.53 Å². The molecule has 0 radical (unpaired) electrons. The molecule has 28 heavy (non-hydrogen) atoms. The van der Waals surface area contributed by atoms with Gasteiger partial charge in [-0.3, -0.25) is 4.79 Å². The van der Waals surface area contributed by atoms with Crippen molar-refractivity contribution in [3.8, 4) is 5.75 Å². The summed E-state index contributed by atoms with van der Waals surface area (Å²) in [6, 6.07) is 12.7. The molecule has 2 heterocycles. The first-order chi connectivity index (χ1) is 13.7. The molecule has 0 saturated carbocycles. The first-order valence-electron chi connectivity index (χ1n) is 9.32. The van der Waals surface area contributed by atoms with E-state index in [1.807, 2.05) is 24.3 Å². The highest BCUT2D eigenvalue weighted by Gasteiger charge is 2.23. The van der Waals surface area contributed by atoms with Gasteiger partial charge in [-0.2, -0.15) is 0 Å². The van der Waals surface area contributed by atoms with Gasteiger partial charge in [0.05, 0.1) is 23.2 Å². The third-order valence-electron chi connectivity index (χ3n) is 4.83. The van der Waals surface area contributed by atoms with Crippen LogP contribution in [0.15, 0.2) is 42.5 Å². The number of rotatable bonds is 4. The minimum absolute atomic E-state index is 0.305. The van der Waals surface area contributed by atoms with Crippen molar-refractivity contribution >= 4 is 40.0 Å². The standard InChI is InChI=1S/C21H21ClN4O2/c1-28-18-10-9-14(13-15(18)22)23-21(27)19-20(26-11-5-2-6-12-26)25-17-8-4-3-7-16(17)24-19/h3-4,7-10,13H,2,5-6,11-12H2,1H3,(H,23,27). The van der Waals surface area contributed by atoms with Crippen LogP contribution in [0.5, 0.6) is 5.75 Å². The Morgan fingerprint density at radius 1 is 1.07 bits per heavy atom. The highest BCUT2D eigenvalue weighted by Crippen LogP contribution is 2.29. The summed E-state index contributed by atoms with van der Waals surface area (Å²) >= 11 is 6.18. The molecule has 6 nitrogen and oxygen atoms in total. The number of para-hydroxylation sites is 2. The van der Waals surface area contributed by atoms with Crippen LogP contribution in [0.1, 0.15) is 29.8 Å². The van der Waals surface area contributed by atoms with Crippen LogP contribution in [0.2, 0.25) is 5.02 Å². The van der Waals surface area contributed by atoms with Crippen molar-refractivity contribution in [2.75, 3.05) is 30.4 Å². The van der Waals surface area contributed by atoms with E-state index in [9.17, 15) is 4.79 Å². The maximum absolute atomic E-state index is 13.1. The minimum atomic E-state index is -0.305. The van der Waals surface area contributed by atoms with E-state index < -0.39 is 0 Å². The predicted octanol–water partition coefficient (Wildman–Crippen LogP) is 4.53. The number of nitrogens with one attached hydrogen (secondary N) is 1. The van der Waals surface area contributed by atoms with Gasteiger partial charge in [0.2, 0.25) is 0 Å². The third-order valence-corrected chi connectivity index (χ3v) is 5.13. The van der Waals surface area contributed by atoms with Crippen molar-refractivity contribution in [2.24, 2.45) is 0 Å². The molecule has 0 atom stereocenters. The Balaban J connectivity index is 1.71. The van der Waals surface area contributed by atoms with Gasteiger partial charge in [-0.05, 0) is 49.6 Å². The number of hydrogen-bond acceptors (Lipinski definition) is 5. The van der Waals surface area contributed by atoms with Crippen LogP contribution < -0.4 is 15.0 Å². The van der Waals surface area contributed by atoms with Crippen LogP contribution in [0, 0.1) is 0 Å². The SMILES string of the molecule is COc1ccc(NC(=O)c2nc3ccccc3nc2N2CCCCC2)cc1Cl. The molecule has 1 amide bonds. The Bertz CT molecular complexity index is 1020. The molecule has 7 heteroatoms. The zero-order valence-corrected chi connectivity index (χ0v) is 16.4. The van der Waals surface area contributed by atoms with Crippen LogP contribution in [-0.4, -0.2) is 36.1 Å². The number of piperidine rings is 1. The Kier molecular flexibility index (Phi) is 5.30. The molecule has 0 spiro atoms. The third kappa shape index (κ3) is 3.73. The molecular weight excluding hydrogens is 376 g/mol. The first-order valence-corrected chi connectivity index (χ1v) is 9.70. The molecule has 4 rings (SSSR count). The van der Waals surface area contributed by atoms with Gasteiger partial charge in [0.1, 0.15) is 5.75 Å². The maximum atomic E-state index is 13.1. The van der Waals surface area contributed by atoms with E-state index in [2.05, 4.69) is 15.2 Å². The lowest BCUT2D eigenvalue weighted by Gasteiger charge is -2.29. The summed E-state index contributed by atoms with van der Waals surface area (Å²) in [5.41, 5.74) is 2.39. The Morgan fingerprint density at radius 2 is 1.79 bits per heavy atom. The minimum Gasteiger partial charge on any atom is -0.495 e. The first kappa shape index (κ1) is 18.5. The van der Waals surface area contributed by atoms with E-state index >= 15 is 0 Å². The normalized spacial score (nSPS) is 14.1. The highest BCUT2D eigenvalue weighted by molar-refractivity contribution is 6.32. The summed E-state index contributed by atoms with van der Waals surface area (Å²) in [4.78, 5) is 24.6. The van der Waals surface area contributed by atoms with Gasteiger partial charge in [-0.1, -0.05) is 23.7 Å². The van der Waals surface area contributed by atoms with Gasteiger partial charge in [-0.25, -0.2) is 9.97 Å². The number of nitrogens with zero attached hydrogens (tertiary/aromatic N) is 3. The van der Waals surface area contributed by atoms with E-state index in [1.54, 1.807) is 25.3 Å². The molecule has 1 aliphatic heterocycles. The van der Waals surface area contributed by atoms with E-state index in [0.29, 0.717) is 33.5 Å². The van der Waals surface area contributed by atoms with Crippen molar-refractivity contribution in [1.82, 2.24) is 9.97 Å². The molecule has 0 aliphatic carbocycles. The van der Waals surface area contributed by atoms with Crippen LogP contribution in [0.3, 0.4) is 0 Å². The summed E-state index contributed by atoms with van der Waals surface area (Å²) in [7, 11) is 1.55. The van der Waals surface area contributed by atoms with E-state index in [1.165, 1.54) is 6.42 Å². The second kappa shape index (κ2) is 8.02. The average molecular weight is 397 g/mol. The summed E-state index contributed by atoms with van der Waals surface area (Å²) in [6.45, 7) is 1.75. The number of ether oxygens (including phenoxy) is 1. The summed E-state index contributed by atoms with van der Waals surface area (Å²) < 4.78 is 5.16. The number of halogens is 1. The van der Waals surface area contributed by atoms with Crippen molar-refractivity contribution in [2.45, 2.75) is 19.3 Å². The molecular formula is C21H21ClN4O2. The second-order valence-corrected chi connectivity index (χ2v) is 7.14. The lowest BCUT2D eigenvalue weighted by molar-refractivity contribution is 0.102. The summed E-state index contributed by atoms with van der Waals surface area (Å²) in [5, 5.41) is 3.32. The van der Waals surface area contributed by atoms with Crippen LogP contribution in [0.25, 0.3) is 11.0 Å². The Labute approximate surface area is 168 Å². The Hall–Kier alpha value is -2.86. The largest absolute Gasteiger partial charge is 0.495 e. The molecule has 2 aromatic carbocycles. The fourth-order valence-electron chi connectivity index (χ4n) is 3.40. The molecule has 144 valence electrons. The zero-order valence-electron chi connectivity index (χ0n) is 15.6. The lowest BCUT2D eigenvalue weighted by Crippen LogP contribution is -2.33. The number of amides is 1. The van der Waals surface area contributed by atoms with Crippen LogP contribution >= 0.6 is 11.6 Å². The number of carbonyl (C=O) groups is 1. The van der Waals surface area contributed by atoms with Gasteiger partial charge in [0, 0.05) is 18.8 Å². The topological polar surface area (TPSA) is 67.3 Å². The van der Waals surface area contributed by atoms with E-state index in [0.717, 1.165) is 31.4 Å². The van der Waals surface area contributed by atoms with Gasteiger partial charge in [-0.15, -0.1) is 0 Å². The Morgan fingerprint density at radius 3 is 2.46 bits per heavy atom. The quantitative estimate of drug-likeness (QED) is 0.701. The molecule has 1 aliphatic rings. The van der Waals surface area contributed by atoms with Crippen molar-refractivity contribution in [3.63, 3.8) is 0 Å². The van der Waals surface area contributed by atoms with Crippen molar-refractivity contribution in [1.29, 1.82) is 0 Å². The number of methoxy groups -OCH3 is 1. The van der Waals surface area contributed by atoms with E-state index in [4.69, 9.17) is 21.3 Å². The number of fused-ring (bicyclic) bond motifs is 1. The predicted molar refractivity (Wildman–Crippen MR) is 112 cm³/mol. The van der Waals surface area contributed by atoms with E-state index in [-0.39, 0.29) is 5.91 Å².